The zero-order valence-corrected chi connectivity index (χ0v) is 19.7. The van der Waals surface area contributed by atoms with Crippen molar-refractivity contribution in [2.75, 3.05) is 17.7 Å². The van der Waals surface area contributed by atoms with Crippen molar-refractivity contribution < 1.29 is 14.4 Å². The largest absolute Gasteiger partial charge is 0.384 e. The van der Waals surface area contributed by atoms with Gasteiger partial charge < -0.3 is 16.0 Å². The number of likely N-dealkylation sites (tertiary alicyclic amines) is 1. The molecule has 4 amide bonds. The van der Waals surface area contributed by atoms with Gasteiger partial charge in [0.2, 0.25) is 5.91 Å². The number of carbonyl (C=O) groups excluding carboxylic acids is 3. The zero-order valence-electron chi connectivity index (χ0n) is 18.9. The fraction of sp³-hybridized carbons (Fsp3) is 0.292. The molecule has 9 nitrogen and oxygen atoms in total. The van der Waals surface area contributed by atoms with Crippen LogP contribution in [-0.2, 0) is 16.0 Å². The van der Waals surface area contributed by atoms with E-state index in [0.717, 1.165) is 16.0 Å². The number of pyridine rings is 1. The molecule has 0 spiro atoms. The van der Waals surface area contributed by atoms with E-state index in [1.807, 2.05) is 37.3 Å². The number of amides is 4. The highest BCUT2D eigenvalue weighted by atomic mass is 32.1. The highest BCUT2D eigenvalue weighted by molar-refractivity contribution is 7.04. The molecule has 34 heavy (non-hydrogen) atoms. The Morgan fingerprint density at radius 3 is 2.68 bits per heavy atom. The molecule has 3 atom stereocenters. The van der Waals surface area contributed by atoms with Gasteiger partial charge in [0, 0.05) is 18.6 Å². The Kier molecular flexibility index (Phi) is 6.87. The molecule has 0 radical (unpaired) electrons. The third-order valence-electron chi connectivity index (χ3n) is 6.03. The SMILES string of the molecule is CC[C@@H](NC(=O)N1C(=O)[C@H](Cc2ccnc(N)c2)[C@H]1C(=O)N(C)c1cnsc1)c1ccccc1. The first kappa shape index (κ1) is 23.4. The number of carbonyl (C=O) groups is 3. The van der Waals surface area contributed by atoms with Crippen molar-refractivity contribution in [1.82, 2.24) is 19.6 Å². The molecule has 10 heteroatoms. The van der Waals surface area contributed by atoms with Gasteiger partial charge in [0.05, 0.1) is 23.8 Å². The number of urea groups is 1. The second-order valence-electron chi connectivity index (χ2n) is 8.15. The van der Waals surface area contributed by atoms with Crippen LogP contribution in [0.3, 0.4) is 0 Å². The maximum Gasteiger partial charge on any atom is 0.325 e. The van der Waals surface area contributed by atoms with E-state index < -0.39 is 23.9 Å². The van der Waals surface area contributed by atoms with Crippen molar-refractivity contribution in [3.05, 3.63) is 71.4 Å². The van der Waals surface area contributed by atoms with Crippen molar-refractivity contribution in [1.29, 1.82) is 0 Å². The first-order chi connectivity index (χ1) is 16.4. The van der Waals surface area contributed by atoms with Crippen LogP contribution in [0.2, 0.25) is 0 Å². The van der Waals surface area contributed by atoms with Crippen molar-refractivity contribution in [3.8, 4) is 0 Å². The number of β-lactam (4-membered cyclic amide) rings is 1. The summed E-state index contributed by atoms with van der Waals surface area (Å²) >= 11 is 1.22. The number of likely N-dealkylation sites (N-methyl/N-ethyl adjacent to an activating group) is 1. The molecular formula is C24H26N6O3S. The highest BCUT2D eigenvalue weighted by Gasteiger charge is 2.55. The maximum atomic E-state index is 13.5. The third-order valence-corrected chi connectivity index (χ3v) is 6.61. The first-order valence-electron chi connectivity index (χ1n) is 11.0. The number of hydrogen-bond donors (Lipinski definition) is 2. The van der Waals surface area contributed by atoms with Crippen LogP contribution < -0.4 is 16.0 Å². The van der Waals surface area contributed by atoms with Gasteiger partial charge in [-0.05, 0) is 47.6 Å². The van der Waals surface area contributed by atoms with Gasteiger partial charge in [0.15, 0.2) is 0 Å². The monoisotopic (exact) mass is 478 g/mol. The van der Waals surface area contributed by atoms with Crippen LogP contribution in [0.1, 0.15) is 30.5 Å². The summed E-state index contributed by atoms with van der Waals surface area (Å²) in [5.41, 5.74) is 8.10. The molecule has 3 N–H and O–H groups in total. The average molecular weight is 479 g/mol. The molecule has 3 heterocycles. The molecule has 1 aromatic carbocycles. The van der Waals surface area contributed by atoms with Gasteiger partial charge in [-0.3, -0.25) is 14.5 Å². The number of imide groups is 1. The quantitative estimate of drug-likeness (QED) is 0.504. The lowest BCUT2D eigenvalue weighted by molar-refractivity contribution is -0.156. The molecule has 0 aliphatic carbocycles. The summed E-state index contributed by atoms with van der Waals surface area (Å²) in [5, 5.41) is 4.66. The zero-order chi connectivity index (χ0) is 24.2. The minimum atomic E-state index is -0.944. The number of nitrogen functional groups attached to an aromatic ring is 1. The van der Waals surface area contributed by atoms with Gasteiger partial charge in [-0.1, -0.05) is 37.3 Å². The maximum absolute atomic E-state index is 13.5. The van der Waals surface area contributed by atoms with Crippen LogP contribution in [0.25, 0.3) is 0 Å². The Morgan fingerprint density at radius 1 is 1.26 bits per heavy atom. The lowest BCUT2D eigenvalue weighted by atomic mass is 9.81. The summed E-state index contributed by atoms with van der Waals surface area (Å²) in [5.74, 6) is -1.11. The van der Waals surface area contributed by atoms with E-state index in [4.69, 9.17) is 5.73 Å². The average Bonchev–Trinajstić information content (AvgIpc) is 3.39. The van der Waals surface area contributed by atoms with Crippen molar-refractivity contribution >= 4 is 40.9 Å². The number of rotatable bonds is 7. The van der Waals surface area contributed by atoms with E-state index in [1.54, 1.807) is 37.0 Å². The van der Waals surface area contributed by atoms with Crippen molar-refractivity contribution in [2.45, 2.75) is 31.8 Å². The molecule has 1 fully saturated rings. The minimum Gasteiger partial charge on any atom is -0.384 e. The predicted octanol–water partition coefficient (Wildman–Crippen LogP) is 3.01. The van der Waals surface area contributed by atoms with Gasteiger partial charge in [0.1, 0.15) is 11.9 Å². The summed E-state index contributed by atoms with van der Waals surface area (Å²) in [6.45, 7) is 1.95. The van der Waals surface area contributed by atoms with E-state index in [9.17, 15) is 14.4 Å². The minimum absolute atomic E-state index is 0.275. The van der Waals surface area contributed by atoms with Crippen LogP contribution >= 0.6 is 11.5 Å². The number of nitrogens with one attached hydrogen (secondary N) is 1. The summed E-state index contributed by atoms with van der Waals surface area (Å²) in [4.78, 5) is 46.3. The molecule has 0 unspecified atom stereocenters. The lowest BCUT2D eigenvalue weighted by Crippen LogP contribution is -2.70. The van der Waals surface area contributed by atoms with Gasteiger partial charge in [-0.25, -0.2) is 9.78 Å². The van der Waals surface area contributed by atoms with Crippen LogP contribution in [-0.4, -0.2) is 45.2 Å². The second-order valence-corrected chi connectivity index (χ2v) is 8.81. The molecule has 4 rings (SSSR count). The Hall–Kier alpha value is -3.79. The van der Waals surface area contributed by atoms with Gasteiger partial charge >= 0.3 is 6.03 Å². The Labute approximate surface area is 201 Å². The molecule has 0 bridgehead atoms. The number of aromatic nitrogens is 2. The van der Waals surface area contributed by atoms with E-state index in [2.05, 4.69) is 14.7 Å². The number of benzene rings is 1. The molecule has 0 saturated carbocycles. The molecular weight excluding hydrogens is 452 g/mol. The molecule has 3 aromatic rings. The third kappa shape index (κ3) is 4.62. The standard InChI is InChI=1S/C24H26N6O3S/c1-3-19(16-7-5-4-6-8-16)28-24(33)30-21(23(32)29(2)17-13-27-34-14-17)18(22(30)31)11-15-9-10-26-20(25)12-15/h4-10,12-14,18-19,21H,3,11H2,1-2H3,(H2,25,26)(H,28,33)/t18-,19-,21+/m1/s1. The number of hydrogen-bond acceptors (Lipinski definition) is 7. The van der Waals surface area contributed by atoms with Gasteiger partial charge in [-0.2, -0.15) is 4.37 Å². The smallest absolute Gasteiger partial charge is 0.325 e. The van der Waals surface area contributed by atoms with Gasteiger partial charge in [0.25, 0.3) is 5.91 Å². The molecule has 1 aliphatic rings. The fourth-order valence-electron chi connectivity index (χ4n) is 4.15. The Bertz CT molecular complexity index is 1170. The fourth-order valence-corrected chi connectivity index (χ4v) is 4.70. The molecule has 1 saturated heterocycles. The van der Waals surface area contributed by atoms with E-state index in [0.29, 0.717) is 17.9 Å². The molecule has 2 aromatic heterocycles. The van der Waals surface area contributed by atoms with E-state index >= 15 is 0 Å². The molecule has 176 valence electrons. The predicted molar refractivity (Wildman–Crippen MR) is 130 cm³/mol. The lowest BCUT2D eigenvalue weighted by Gasteiger charge is -2.46. The Balaban J connectivity index is 1.58. The van der Waals surface area contributed by atoms with Crippen molar-refractivity contribution in [2.24, 2.45) is 5.92 Å². The van der Waals surface area contributed by atoms with E-state index in [1.165, 1.54) is 16.4 Å². The van der Waals surface area contributed by atoms with Crippen LogP contribution in [0, 0.1) is 5.92 Å². The van der Waals surface area contributed by atoms with Gasteiger partial charge in [-0.15, -0.1) is 0 Å². The van der Waals surface area contributed by atoms with E-state index in [-0.39, 0.29) is 18.4 Å². The number of anilines is 2. The summed E-state index contributed by atoms with van der Waals surface area (Å²) in [7, 11) is 1.62. The number of nitrogens with zero attached hydrogens (tertiary/aromatic N) is 4. The molecule has 1 aliphatic heterocycles. The summed E-state index contributed by atoms with van der Waals surface area (Å²) in [6, 6.07) is 11.1. The normalized spacial score (nSPS) is 18.2. The number of nitrogens with two attached hydrogens (primary N) is 1. The van der Waals surface area contributed by atoms with Crippen LogP contribution in [0.15, 0.2) is 60.2 Å². The second kappa shape index (κ2) is 10.0. The Morgan fingerprint density at radius 2 is 2.03 bits per heavy atom. The first-order valence-corrected chi connectivity index (χ1v) is 11.8. The topological polar surface area (TPSA) is 122 Å². The van der Waals surface area contributed by atoms with Crippen molar-refractivity contribution in [3.63, 3.8) is 0 Å². The highest BCUT2D eigenvalue weighted by Crippen LogP contribution is 2.33. The summed E-state index contributed by atoms with van der Waals surface area (Å²) in [6.07, 6.45) is 4.05. The van der Waals surface area contributed by atoms with Crippen LogP contribution in [0.5, 0.6) is 0 Å². The van der Waals surface area contributed by atoms with Crippen LogP contribution in [0.4, 0.5) is 16.3 Å². The summed E-state index contributed by atoms with van der Waals surface area (Å²) < 4.78 is 4.05.